The summed E-state index contributed by atoms with van der Waals surface area (Å²) in [6, 6.07) is 10.4. The smallest absolute Gasteiger partial charge is 0.255 e. The molecule has 0 spiro atoms. The van der Waals surface area contributed by atoms with Gasteiger partial charge in [0, 0.05) is 31.4 Å². The molecule has 1 aromatic heterocycles. The number of amides is 1. The fourth-order valence-corrected chi connectivity index (χ4v) is 1.95. The summed E-state index contributed by atoms with van der Waals surface area (Å²) in [7, 11) is 5.25. The van der Waals surface area contributed by atoms with E-state index >= 15 is 0 Å². The first-order chi connectivity index (χ1) is 9.99. The average Bonchev–Trinajstić information content (AvgIpc) is 2.46. The van der Waals surface area contributed by atoms with E-state index in [2.05, 4.69) is 10.3 Å². The minimum atomic E-state index is -0.254. The van der Waals surface area contributed by atoms with E-state index < -0.39 is 0 Å². The molecule has 0 saturated heterocycles. The molecule has 5 nitrogen and oxygen atoms in total. The Labute approximate surface area is 128 Å². The highest BCUT2D eigenvalue weighted by Gasteiger charge is 2.11. The lowest BCUT2D eigenvalue weighted by Gasteiger charge is -2.13. The van der Waals surface area contributed by atoms with Gasteiger partial charge in [-0.1, -0.05) is 17.7 Å². The van der Waals surface area contributed by atoms with Gasteiger partial charge in [0.05, 0.1) is 7.11 Å². The highest BCUT2D eigenvalue weighted by atomic mass is 35.5. The van der Waals surface area contributed by atoms with Gasteiger partial charge in [-0.05, 0) is 24.3 Å². The van der Waals surface area contributed by atoms with E-state index in [1.165, 1.54) is 6.07 Å². The monoisotopic (exact) mass is 305 g/mol. The number of benzene rings is 1. The fourth-order valence-electron chi connectivity index (χ4n) is 1.75. The number of carbonyl (C=O) groups excluding carboxylic acids is 1. The third-order valence-corrected chi connectivity index (χ3v) is 3.02. The molecule has 6 heteroatoms. The zero-order chi connectivity index (χ0) is 15.4. The molecule has 1 heterocycles. The van der Waals surface area contributed by atoms with E-state index in [0.717, 1.165) is 0 Å². The summed E-state index contributed by atoms with van der Waals surface area (Å²) >= 11 is 5.95. The molecule has 21 heavy (non-hydrogen) atoms. The molecule has 0 unspecified atom stereocenters. The zero-order valence-corrected chi connectivity index (χ0v) is 12.8. The van der Waals surface area contributed by atoms with Gasteiger partial charge in [-0.2, -0.15) is 0 Å². The van der Waals surface area contributed by atoms with Gasteiger partial charge in [-0.3, -0.25) is 4.79 Å². The third kappa shape index (κ3) is 3.86. The first-order valence-electron chi connectivity index (χ1n) is 6.30. The second kappa shape index (κ2) is 6.45. The Kier molecular flexibility index (Phi) is 4.65. The van der Waals surface area contributed by atoms with Crippen molar-refractivity contribution in [2.45, 2.75) is 0 Å². The normalized spacial score (nSPS) is 10.1. The van der Waals surface area contributed by atoms with Crippen molar-refractivity contribution in [3.8, 4) is 5.75 Å². The summed E-state index contributed by atoms with van der Waals surface area (Å²) in [5.74, 6) is 1.04. The van der Waals surface area contributed by atoms with Gasteiger partial charge >= 0.3 is 0 Å². The Bertz CT molecular complexity index is 659. The molecule has 1 aromatic carbocycles. The summed E-state index contributed by atoms with van der Waals surface area (Å²) in [5, 5.41) is 3.08. The van der Waals surface area contributed by atoms with Crippen molar-refractivity contribution in [1.82, 2.24) is 4.98 Å². The summed E-state index contributed by atoms with van der Waals surface area (Å²) < 4.78 is 5.12. The minimum Gasteiger partial charge on any atom is -0.497 e. The van der Waals surface area contributed by atoms with Gasteiger partial charge in [0.2, 0.25) is 0 Å². The number of methoxy groups -OCH3 is 1. The second-order valence-corrected chi connectivity index (χ2v) is 5.00. The highest BCUT2D eigenvalue weighted by molar-refractivity contribution is 6.30. The van der Waals surface area contributed by atoms with Crippen LogP contribution in [-0.2, 0) is 0 Å². The van der Waals surface area contributed by atoms with Crippen LogP contribution in [0, 0.1) is 0 Å². The topological polar surface area (TPSA) is 54.5 Å². The molecule has 0 fully saturated rings. The van der Waals surface area contributed by atoms with Crippen molar-refractivity contribution >= 4 is 29.0 Å². The molecule has 0 radical (unpaired) electrons. The van der Waals surface area contributed by atoms with Crippen LogP contribution in [0.5, 0.6) is 5.75 Å². The lowest BCUT2D eigenvalue weighted by Crippen LogP contribution is -2.15. The Balaban J connectivity index is 2.23. The Morgan fingerprint density at radius 1 is 1.29 bits per heavy atom. The molecule has 0 bridgehead atoms. The quantitative estimate of drug-likeness (QED) is 0.882. The molecule has 0 aliphatic heterocycles. The summed E-state index contributed by atoms with van der Waals surface area (Å²) in [6.07, 6.45) is 0. The number of nitrogens with one attached hydrogen (secondary N) is 1. The highest BCUT2D eigenvalue weighted by Crippen LogP contribution is 2.20. The van der Waals surface area contributed by atoms with Gasteiger partial charge in [0.15, 0.2) is 0 Å². The van der Waals surface area contributed by atoms with E-state index in [1.807, 2.05) is 20.2 Å². The van der Waals surface area contributed by atoms with Crippen LogP contribution in [0.15, 0.2) is 36.4 Å². The minimum absolute atomic E-state index is 0.254. The molecule has 2 rings (SSSR count). The first-order valence-corrected chi connectivity index (χ1v) is 6.67. The number of ether oxygens (including phenoxy) is 1. The third-order valence-electron chi connectivity index (χ3n) is 2.83. The maximum atomic E-state index is 12.3. The van der Waals surface area contributed by atoms with Crippen molar-refractivity contribution < 1.29 is 9.53 Å². The SMILES string of the molecule is COc1cccc(NC(=O)c2cc(Cl)nc(N(C)C)c2)c1. The molecule has 0 aliphatic rings. The lowest BCUT2D eigenvalue weighted by molar-refractivity contribution is 0.102. The lowest BCUT2D eigenvalue weighted by atomic mass is 10.2. The molecule has 0 atom stereocenters. The van der Waals surface area contributed by atoms with Crippen LogP contribution < -0.4 is 15.0 Å². The number of nitrogens with zero attached hydrogens (tertiary/aromatic N) is 2. The van der Waals surface area contributed by atoms with Crippen LogP contribution in [0.25, 0.3) is 0 Å². The predicted octanol–water partition coefficient (Wildman–Crippen LogP) is 3.06. The van der Waals surface area contributed by atoms with Gasteiger partial charge < -0.3 is 15.0 Å². The predicted molar refractivity (Wildman–Crippen MR) is 84.5 cm³/mol. The molecular weight excluding hydrogens is 290 g/mol. The van der Waals surface area contributed by atoms with Crippen molar-refractivity contribution in [3.05, 3.63) is 47.1 Å². The van der Waals surface area contributed by atoms with E-state index in [1.54, 1.807) is 36.3 Å². The van der Waals surface area contributed by atoms with Crippen molar-refractivity contribution in [1.29, 1.82) is 0 Å². The molecule has 0 aliphatic carbocycles. The van der Waals surface area contributed by atoms with E-state index in [4.69, 9.17) is 16.3 Å². The Morgan fingerprint density at radius 3 is 2.71 bits per heavy atom. The zero-order valence-electron chi connectivity index (χ0n) is 12.1. The van der Waals surface area contributed by atoms with Crippen LogP contribution in [0.4, 0.5) is 11.5 Å². The summed E-state index contributed by atoms with van der Waals surface area (Å²) in [4.78, 5) is 18.2. The van der Waals surface area contributed by atoms with Gasteiger partial charge in [0.25, 0.3) is 5.91 Å². The number of halogens is 1. The van der Waals surface area contributed by atoms with Gasteiger partial charge in [-0.25, -0.2) is 4.98 Å². The number of carbonyl (C=O) groups is 1. The number of anilines is 2. The molecule has 110 valence electrons. The summed E-state index contributed by atoms with van der Waals surface area (Å²) in [6.45, 7) is 0. The number of hydrogen-bond acceptors (Lipinski definition) is 4. The number of rotatable bonds is 4. The molecule has 1 N–H and O–H groups in total. The largest absolute Gasteiger partial charge is 0.497 e. The molecule has 2 aromatic rings. The maximum Gasteiger partial charge on any atom is 0.255 e. The standard InChI is InChI=1S/C15H16ClN3O2/c1-19(2)14-8-10(7-13(16)18-14)15(20)17-11-5-4-6-12(9-11)21-3/h4-9H,1-3H3,(H,17,20). The van der Waals surface area contributed by atoms with Crippen LogP contribution in [-0.4, -0.2) is 32.1 Å². The first kappa shape index (κ1) is 15.1. The van der Waals surface area contributed by atoms with Crippen LogP contribution >= 0.6 is 11.6 Å². The average molecular weight is 306 g/mol. The van der Waals surface area contributed by atoms with E-state index in [9.17, 15) is 4.79 Å². The molecular formula is C15H16ClN3O2. The van der Waals surface area contributed by atoms with E-state index in [0.29, 0.717) is 22.8 Å². The van der Waals surface area contributed by atoms with Gasteiger partial charge in [0.1, 0.15) is 16.7 Å². The van der Waals surface area contributed by atoms with Crippen LogP contribution in [0.2, 0.25) is 5.15 Å². The number of aromatic nitrogens is 1. The van der Waals surface area contributed by atoms with Crippen molar-refractivity contribution in [3.63, 3.8) is 0 Å². The van der Waals surface area contributed by atoms with Crippen molar-refractivity contribution in [2.75, 3.05) is 31.4 Å². The Hall–Kier alpha value is -2.27. The molecule has 1 amide bonds. The Morgan fingerprint density at radius 2 is 2.05 bits per heavy atom. The molecule has 0 saturated carbocycles. The second-order valence-electron chi connectivity index (χ2n) is 4.62. The summed E-state index contributed by atoms with van der Waals surface area (Å²) in [5.41, 5.74) is 1.10. The van der Waals surface area contributed by atoms with Gasteiger partial charge in [-0.15, -0.1) is 0 Å². The fraction of sp³-hybridized carbons (Fsp3) is 0.200. The van der Waals surface area contributed by atoms with Crippen LogP contribution in [0.1, 0.15) is 10.4 Å². The number of pyridine rings is 1. The van der Waals surface area contributed by atoms with Crippen LogP contribution in [0.3, 0.4) is 0 Å². The maximum absolute atomic E-state index is 12.3. The number of hydrogen-bond donors (Lipinski definition) is 1. The van der Waals surface area contributed by atoms with E-state index in [-0.39, 0.29) is 11.1 Å². The van der Waals surface area contributed by atoms with Crippen molar-refractivity contribution in [2.24, 2.45) is 0 Å².